The van der Waals surface area contributed by atoms with E-state index in [1.165, 1.54) is 327 Å². The molecule has 73 heavy (non-hydrogen) atoms. The Balaban J connectivity index is -0.000000486. The summed E-state index contributed by atoms with van der Waals surface area (Å²) in [5.74, 6) is -2.70. The van der Waals surface area contributed by atoms with Gasteiger partial charge in [-0.2, -0.15) is 0 Å². The molecule has 0 atom stereocenters. The van der Waals surface area contributed by atoms with Gasteiger partial charge in [0.05, 0.1) is 0 Å². The van der Waals surface area contributed by atoms with Crippen LogP contribution in [-0.2, 0) is 31.5 Å². The van der Waals surface area contributed by atoms with Crippen molar-refractivity contribution in [1.29, 1.82) is 0 Å². The van der Waals surface area contributed by atoms with Crippen LogP contribution in [-0.4, -0.2) is 17.9 Å². The number of carboxylic acid groups (broad SMARTS) is 3. The van der Waals surface area contributed by atoms with Crippen molar-refractivity contribution in [2.45, 2.75) is 406 Å². The monoisotopic (exact) mass is 1070 g/mol. The van der Waals surface area contributed by atoms with E-state index in [9.17, 15) is 29.7 Å². The Bertz CT molecular complexity index is 882. The van der Waals surface area contributed by atoms with E-state index < -0.39 is 17.9 Å². The Labute approximate surface area is 468 Å². The minimum absolute atomic E-state index is 0. The summed E-state index contributed by atoms with van der Waals surface area (Å²) < 4.78 is 0. The van der Waals surface area contributed by atoms with Crippen molar-refractivity contribution in [3.8, 4) is 0 Å². The topological polar surface area (TPSA) is 120 Å². The molecule has 0 rings (SSSR count). The first-order valence-electron chi connectivity index (χ1n) is 32.9. The van der Waals surface area contributed by atoms with E-state index >= 15 is 0 Å². The van der Waals surface area contributed by atoms with Gasteiger partial charge in [0.1, 0.15) is 0 Å². The molecule has 0 aromatic heterocycles. The summed E-state index contributed by atoms with van der Waals surface area (Å²) in [4.78, 5) is 30.8. The minimum Gasteiger partial charge on any atom is -0.550 e. The van der Waals surface area contributed by atoms with E-state index in [-0.39, 0.29) is 36.3 Å². The van der Waals surface area contributed by atoms with Gasteiger partial charge in [-0.1, -0.05) is 367 Å². The summed E-state index contributed by atoms with van der Waals surface area (Å²) in [5.41, 5.74) is 0. The Morgan fingerprint density at radius 3 is 0.342 bits per heavy atom. The first-order valence-corrected chi connectivity index (χ1v) is 32.9. The van der Waals surface area contributed by atoms with Gasteiger partial charge in [0, 0.05) is 17.9 Å². The van der Waals surface area contributed by atoms with Gasteiger partial charge in [-0.3, -0.25) is 0 Å². The van der Waals surface area contributed by atoms with E-state index in [0.29, 0.717) is 0 Å². The third-order valence-electron chi connectivity index (χ3n) is 15.0. The molecular formula is C66H129FeO6. The Kier molecular flexibility index (Phi) is 80.8. The predicted molar refractivity (Wildman–Crippen MR) is 309 cm³/mol. The fourth-order valence-electron chi connectivity index (χ4n) is 10.0. The molecule has 0 heterocycles. The second-order valence-corrected chi connectivity index (χ2v) is 22.5. The van der Waals surface area contributed by atoms with Gasteiger partial charge in [-0.05, 0) is 38.5 Å². The van der Waals surface area contributed by atoms with E-state index in [4.69, 9.17) is 0 Å². The average molecular weight is 1070 g/mol. The van der Waals surface area contributed by atoms with Crippen molar-refractivity contribution < 1.29 is 46.8 Å². The maximum absolute atomic E-state index is 10.3. The summed E-state index contributed by atoms with van der Waals surface area (Å²) in [6.07, 6.45) is 77.2. The number of hydrogen-bond donors (Lipinski definition) is 0. The van der Waals surface area contributed by atoms with Crippen LogP contribution in [0.4, 0.5) is 0 Å². The molecule has 0 aliphatic carbocycles. The molecule has 0 fully saturated rings. The van der Waals surface area contributed by atoms with E-state index in [0.717, 1.165) is 38.5 Å². The van der Waals surface area contributed by atoms with Gasteiger partial charge in [0.15, 0.2) is 0 Å². The SMILES string of the molecule is CCCCCCCCCCCCCCCCCCCCCC(=O)[O-].CCCCCCCCCCCCCCCCCCCCCC(=O)[O-].CCCCCCCCCCCCCCCCCCCCCC(=O)[O-].[Fe+3]. The van der Waals surface area contributed by atoms with Crippen LogP contribution in [0, 0.1) is 0 Å². The summed E-state index contributed by atoms with van der Waals surface area (Å²) in [7, 11) is 0. The molecule has 0 aromatic rings. The molecule has 6 nitrogen and oxygen atoms in total. The summed E-state index contributed by atoms with van der Waals surface area (Å²) >= 11 is 0. The van der Waals surface area contributed by atoms with Gasteiger partial charge in [0.2, 0.25) is 0 Å². The van der Waals surface area contributed by atoms with Crippen molar-refractivity contribution in [3.63, 3.8) is 0 Å². The number of hydrogen-bond acceptors (Lipinski definition) is 6. The molecule has 0 saturated heterocycles. The Morgan fingerprint density at radius 1 is 0.178 bits per heavy atom. The first kappa shape index (κ1) is 78.4. The van der Waals surface area contributed by atoms with Crippen LogP contribution < -0.4 is 15.3 Å². The van der Waals surface area contributed by atoms with Gasteiger partial charge >= 0.3 is 17.1 Å². The molecule has 7 heteroatoms. The van der Waals surface area contributed by atoms with Crippen LogP contribution in [0.5, 0.6) is 0 Å². The van der Waals surface area contributed by atoms with Crippen LogP contribution in [0.2, 0.25) is 0 Å². The normalized spacial score (nSPS) is 10.9. The molecule has 0 aliphatic rings. The second-order valence-electron chi connectivity index (χ2n) is 22.5. The number of carboxylic acids is 3. The third kappa shape index (κ3) is 87.9. The zero-order valence-corrected chi connectivity index (χ0v) is 50.8. The van der Waals surface area contributed by atoms with E-state index in [1.807, 2.05) is 0 Å². The van der Waals surface area contributed by atoms with Crippen molar-refractivity contribution in [2.75, 3.05) is 0 Å². The van der Waals surface area contributed by atoms with Crippen LogP contribution in [0.1, 0.15) is 406 Å². The standard InChI is InChI=1S/3C22H44O2.Fe/c3*1-2-3-4-5-6-7-8-9-10-11-12-13-14-15-16-17-18-19-20-21-22(23)24;/h3*2-21H2,1H3,(H,23,24);/q;;;+3/p-3. The zero-order valence-electron chi connectivity index (χ0n) is 49.7. The summed E-state index contributed by atoms with van der Waals surface area (Å²) in [6, 6.07) is 0. The maximum atomic E-state index is 10.3. The molecule has 1 radical (unpaired) electrons. The molecule has 0 aromatic carbocycles. The smallest absolute Gasteiger partial charge is 0.550 e. The molecule has 0 spiro atoms. The van der Waals surface area contributed by atoms with E-state index in [1.54, 1.807) is 0 Å². The number of carbonyl (C=O) groups is 3. The number of rotatable bonds is 60. The molecule has 437 valence electrons. The number of aliphatic carboxylic acids is 3. The molecule has 0 unspecified atom stereocenters. The first-order chi connectivity index (χ1) is 35.3. The van der Waals surface area contributed by atoms with Crippen LogP contribution >= 0.6 is 0 Å². The fraction of sp³-hybridized carbons (Fsp3) is 0.955. The number of carbonyl (C=O) groups excluding carboxylic acids is 3. The molecule has 0 saturated carbocycles. The Morgan fingerprint density at radius 2 is 0.260 bits per heavy atom. The van der Waals surface area contributed by atoms with Gasteiger partial charge in [0.25, 0.3) is 0 Å². The predicted octanol–water partition coefficient (Wildman–Crippen LogP) is 19.7. The molecule has 0 aliphatic heterocycles. The van der Waals surface area contributed by atoms with Crippen molar-refractivity contribution >= 4 is 17.9 Å². The molecule has 0 N–H and O–H groups in total. The molecule has 0 bridgehead atoms. The van der Waals surface area contributed by atoms with Gasteiger partial charge in [-0.15, -0.1) is 0 Å². The summed E-state index contributed by atoms with van der Waals surface area (Å²) in [6.45, 7) is 6.84. The van der Waals surface area contributed by atoms with Crippen LogP contribution in [0.3, 0.4) is 0 Å². The molecule has 0 amide bonds. The van der Waals surface area contributed by atoms with Crippen molar-refractivity contribution in [3.05, 3.63) is 0 Å². The van der Waals surface area contributed by atoms with Gasteiger partial charge in [-0.25, -0.2) is 0 Å². The quantitative estimate of drug-likeness (QED) is 0.0442. The van der Waals surface area contributed by atoms with Crippen molar-refractivity contribution in [2.24, 2.45) is 0 Å². The maximum Gasteiger partial charge on any atom is 3.00 e. The van der Waals surface area contributed by atoms with Crippen LogP contribution in [0.15, 0.2) is 0 Å². The van der Waals surface area contributed by atoms with Crippen molar-refractivity contribution in [1.82, 2.24) is 0 Å². The zero-order chi connectivity index (χ0) is 53.2. The minimum atomic E-state index is -0.901. The Hall–Kier alpha value is -1.07. The average Bonchev–Trinajstić information content (AvgIpc) is 3.36. The third-order valence-corrected chi connectivity index (χ3v) is 15.0. The second kappa shape index (κ2) is 75.2. The molecular weight excluding hydrogens is 945 g/mol. The fourth-order valence-corrected chi connectivity index (χ4v) is 10.0. The van der Waals surface area contributed by atoms with Gasteiger partial charge < -0.3 is 29.7 Å². The largest absolute Gasteiger partial charge is 3.00 e. The summed E-state index contributed by atoms with van der Waals surface area (Å²) in [5, 5.41) is 30.8. The van der Waals surface area contributed by atoms with E-state index in [2.05, 4.69) is 20.8 Å². The number of unbranched alkanes of at least 4 members (excludes halogenated alkanes) is 54. The van der Waals surface area contributed by atoms with Crippen LogP contribution in [0.25, 0.3) is 0 Å².